The quantitative estimate of drug-likeness (QED) is 0.744. The molecule has 0 aliphatic carbocycles. The molecule has 13 heavy (non-hydrogen) atoms. The van der Waals surface area contributed by atoms with Gasteiger partial charge in [-0.3, -0.25) is 4.98 Å². The summed E-state index contributed by atoms with van der Waals surface area (Å²) in [7, 11) is 2.00. The normalized spacial score (nSPS) is 12.8. The topological polar surface area (TPSA) is 24.9 Å². The number of nitrogens with zero attached hydrogens (tertiary/aromatic N) is 1. The molecule has 0 aromatic carbocycles. The molecule has 0 aliphatic rings. The van der Waals surface area contributed by atoms with Gasteiger partial charge in [-0.05, 0) is 44.5 Å². The summed E-state index contributed by atoms with van der Waals surface area (Å²) in [4.78, 5) is 4.29. The minimum absolute atomic E-state index is 0.729. The minimum atomic E-state index is 0.729. The lowest BCUT2D eigenvalue weighted by Gasteiger charge is -2.09. The van der Waals surface area contributed by atoms with E-state index in [2.05, 4.69) is 23.3 Å². The summed E-state index contributed by atoms with van der Waals surface area (Å²) in [5.74, 6) is 0.729. The largest absolute Gasteiger partial charge is 0.319 e. The van der Waals surface area contributed by atoms with Crippen molar-refractivity contribution in [2.75, 3.05) is 13.6 Å². The molecule has 1 unspecified atom stereocenters. The van der Waals surface area contributed by atoms with E-state index < -0.39 is 0 Å². The number of hydrogen-bond acceptors (Lipinski definition) is 2. The lowest BCUT2D eigenvalue weighted by Crippen LogP contribution is -2.16. The van der Waals surface area contributed by atoms with Gasteiger partial charge < -0.3 is 5.32 Å². The lowest BCUT2D eigenvalue weighted by atomic mass is 10.0. The fraction of sp³-hybridized carbons (Fsp3) is 0.545. The van der Waals surface area contributed by atoms with Crippen molar-refractivity contribution in [2.24, 2.45) is 5.92 Å². The molecule has 2 heteroatoms. The van der Waals surface area contributed by atoms with E-state index in [1.54, 1.807) is 0 Å². The van der Waals surface area contributed by atoms with Crippen molar-refractivity contribution in [3.05, 3.63) is 30.1 Å². The van der Waals surface area contributed by atoms with Crippen molar-refractivity contribution in [3.8, 4) is 0 Å². The number of hydrogen-bond donors (Lipinski definition) is 1. The summed E-state index contributed by atoms with van der Waals surface area (Å²) in [5.41, 5.74) is 1.20. The number of aromatic nitrogens is 1. The Hall–Kier alpha value is -0.890. The molecule has 1 N–H and O–H groups in total. The van der Waals surface area contributed by atoms with Crippen LogP contribution in [-0.2, 0) is 6.42 Å². The second-order valence-corrected chi connectivity index (χ2v) is 3.52. The van der Waals surface area contributed by atoms with E-state index in [4.69, 9.17) is 0 Å². The van der Waals surface area contributed by atoms with Crippen LogP contribution in [0.2, 0.25) is 0 Å². The highest BCUT2D eigenvalue weighted by atomic mass is 14.8. The average molecular weight is 178 g/mol. The summed E-state index contributed by atoms with van der Waals surface area (Å²) in [6, 6.07) is 6.09. The molecular formula is C11H18N2. The molecule has 0 bridgehead atoms. The van der Waals surface area contributed by atoms with Gasteiger partial charge in [0.15, 0.2) is 0 Å². The number of nitrogens with one attached hydrogen (secondary N) is 1. The summed E-state index contributed by atoms with van der Waals surface area (Å²) >= 11 is 0. The van der Waals surface area contributed by atoms with Crippen molar-refractivity contribution >= 4 is 0 Å². The molecule has 1 aromatic rings. The smallest absolute Gasteiger partial charge is 0.0403 e. The molecule has 0 aliphatic heterocycles. The predicted molar refractivity (Wildman–Crippen MR) is 55.6 cm³/mol. The number of aryl methyl sites for hydroxylation is 1. The monoisotopic (exact) mass is 178 g/mol. The van der Waals surface area contributed by atoms with Gasteiger partial charge in [-0.2, -0.15) is 0 Å². The highest BCUT2D eigenvalue weighted by Gasteiger charge is 2.01. The molecule has 0 spiro atoms. The van der Waals surface area contributed by atoms with Crippen LogP contribution in [0.1, 0.15) is 19.0 Å². The van der Waals surface area contributed by atoms with Crippen LogP contribution in [0.4, 0.5) is 0 Å². The van der Waals surface area contributed by atoms with E-state index in [9.17, 15) is 0 Å². The maximum absolute atomic E-state index is 4.29. The van der Waals surface area contributed by atoms with Crippen LogP contribution < -0.4 is 5.32 Å². The molecule has 0 radical (unpaired) electrons. The fourth-order valence-electron chi connectivity index (χ4n) is 1.39. The molecule has 0 amide bonds. The van der Waals surface area contributed by atoms with E-state index in [1.165, 1.54) is 12.1 Å². The van der Waals surface area contributed by atoms with Crippen molar-refractivity contribution < 1.29 is 0 Å². The van der Waals surface area contributed by atoms with Crippen LogP contribution in [-0.4, -0.2) is 18.6 Å². The third-order valence-corrected chi connectivity index (χ3v) is 2.17. The highest BCUT2D eigenvalue weighted by molar-refractivity contribution is 5.03. The van der Waals surface area contributed by atoms with Crippen LogP contribution in [0.25, 0.3) is 0 Å². The Labute approximate surface area is 80.4 Å². The van der Waals surface area contributed by atoms with Crippen molar-refractivity contribution in [3.63, 3.8) is 0 Å². The standard InChI is InChI=1S/C11H18N2/c1-10(9-12-2)6-7-11-5-3-4-8-13-11/h3-5,8,10,12H,6-7,9H2,1-2H3. The minimum Gasteiger partial charge on any atom is -0.319 e. The second kappa shape index (κ2) is 5.70. The van der Waals surface area contributed by atoms with Gasteiger partial charge >= 0.3 is 0 Å². The van der Waals surface area contributed by atoms with Crippen LogP contribution in [0.5, 0.6) is 0 Å². The highest BCUT2D eigenvalue weighted by Crippen LogP contribution is 2.05. The molecule has 1 heterocycles. The van der Waals surface area contributed by atoms with Gasteiger partial charge in [0.2, 0.25) is 0 Å². The molecule has 72 valence electrons. The average Bonchev–Trinajstić information content (AvgIpc) is 2.17. The van der Waals surface area contributed by atoms with Crippen LogP contribution >= 0.6 is 0 Å². The zero-order valence-electron chi connectivity index (χ0n) is 8.46. The maximum atomic E-state index is 4.29. The third-order valence-electron chi connectivity index (χ3n) is 2.17. The van der Waals surface area contributed by atoms with E-state index in [0.29, 0.717) is 0 Å². The Morgan fingerprint density at radius 3 is 2.92 bits per heavy atom. The Morgan fingerprint density at radius 2 is 2.31 bits per heavy atom. The van der Waals surface area contributed by atoms with Gasteiger partial charge in [0, 0.05) is 11.9 Å². The Kier molecular flexibility index (Phi) is 4.47. The Bertz CT molecular complexity index is 221. The molecule has 0 fully saturated rings. The molecule has 1 atom stereocenters. The second-order valence-electron chi connectivity index (χ2n) is 3.52. The van der Waals surface area contributed by atoms with Crippen LogP contribution in [0.15, 0.2) is 24.4 Å². The zero-order chi connectivity index (χ0) is 9.52. The fourth-order valence-corrected chi connectivity index (χ4v) is 1.39. The summed E-state index contributed by atoms with van der Waals surface area (Å²) < 4.78 is 0. The van der Waals surface area contributed by atoms with E-state index in [1.807, 2.05) is 25.4 Å². The molecule has 0 saturated heterocycles. The summed E-state index contributed by atoms with van der Waals surface area (Å²) in [6.07, 6.45) is 4.15. The van der Waals surface area contributed by atoms with Gasteiger partial charge in [0.05, 0.1) is 0 Å². The van der Waals surface area contributed by atoms with Crippen molar-refractivity contribution in [2.45, 2.75) is 19.8 Å². The number of pyridine rings is 1. The zero-order valence-corrected chi connectivity index (χ0v) is 8.46. The molecule has 1 aromatic heterocycles. The molecule has 1 rings (SSSR count). The Balaban J connectivity index is 2.27. The lowest BCUT2D eigenvalue weighted by molar-refractivity contribution is 0.502. The summed E-state index contributed by atoms with van der Waals surface area (Å²) in [5, 5.41) is 3.18. The molecule has 0 saturated carbocycles. The van der Waals surface area contributed by atoms with Gasteiger partial charge in [-0.1, -0.05) is 13.0 Å². The van der Waals surface area contributed by atoms with Gasteiger partial charge in [0.25, 0.3) is 0 Å². The Morgan fingerprint density at radius 1 is 1.46 bits per heavy atom. The van der Waals surface area contributed by atoms with Crippen LogP contribution in [0, 0.1) is 5.92 Å². The van der Waals surface area contributed by atoms with E-state index >= 15 is 0 Å². The van der Waals surface area contributed by atoms with E-state index in [0.717, 1.165) is 18.9 Å². The van der Waals surface area contributed by atoms with Crippen molar-refractivity contribution in [1.29, 1.82) is 0 Å². The van der Waals surface area contributed by atoms with E-state index in [-0.39, 0.29) is 0 Å². The molecule has 2 nitrogen and oxygen atoms in total. The first-order valence-corrected chi connectivity index (χ1v) is 4.87. The number of rotatable bonds is 5. The SMILES string of the molecule is CNCC(C)CCc1ccccn1. The van der Waals surface area contributed by atoms with Gasteiger partial charge in [0.1, 0.15) is 0 Å². The summed E-state index contributed by atoms with van der Waals surface area (Å²) in [6.45, 7) is 3.35. The van der Waals surface area contributed by atoms with Crippen LogP contribution in [0.3, 0.4) is 0 Å². The first-order chi connectivity index (χ1) is 6.33. The third kappa shape index (κ3) is 4.04. The molecular weight excluding hydrogens is 160 g/mol. The van der Waals surface area contributed by atoms with Gasteiger partial charge in [-0.25, -0.2) is 0 Å². The first-order valence-electron chi connectivity index (χ1n) is 4.87. The predicted octanol–water partition coefficient (Wildman–Crippen LogP) is 1.87. The maximum Gasteiger partial charge on any atom is 0.0403 e. The van der Waals surface area contributed by atoms with Gasteiger partial charge in [-0.15, -0.1) is 0 Å². The van der Waals surface area contributed by atoms with Crippen molar-refractivity contribution in [1.82, 2.24) is 10.3 Å². The first kappa shape index (κ1) is 10.2.